The van der Waals surface area contributed by atoms with Crippen molar-refractivity contribution >= 4 is 27.3 Å². The third-order valence-electron chi connectivity index (χ3n) is 3.17. The lowest BCUT2D eigenvalue weighted by atomic mass is 10.2. The molecular weight excluding hydrogens is 338 g/mol. The summed E-state index contributed by atoms with van der Waals surface area (Å²) in [5, 5.41) is 13.9. The van der Waals surface area contributed by atoms with Gasteiger partial charge in [-0.2, -0.15) is 5.21 Å². The lowest BCUT2D eigenvalue weighted by Gasteiger charge is -2.09. The largest absolute Gasteiger partial charge is 0.280 e. The molecule has 0 aliphatic carbocycles. The van der Waals surface area contributed by atoms with Crippen LogP contribution < -0.4 is 4.72 Å². The number of benzene rings is 2. The average molecular weight is 350 g/mol. The van der Waals surface area contributed by atoms with Crippen LogP contribution in [0.5, 0.6) is 0 Å². The third-order valence-corrected chi connectivity index (χ3v) is 4.96. The van der Waals surface area contributed by atoms with Crippen LogP contribution in [-0.2, 0) is 10.0 Å². The number of halogens is 1. The lowest BCUT2D eigenvalue weighted by Crippen LogP contribution is -2.13. The first-order chi connectivity index (χ1) is 11.0. The summed E-state index contributed by atoms with van der Waals surface area (Å²) in [7, 11) is -3.74. The number of hydrogen-bond donors (Lipinski definition) is 2. The Balaban J connectivity index is 1.91. The highest BCUT2D eigenvalue weighted by molar-refractivity contribution is 7.92. The molecule has 0 atom stereocenters. The van der Waals surface area contributed by atoms with Crippen molar-refractivity contribution in [3.63, 3.8) is 0 Å². The minimum Gasteiger partial charge on any atom is -0.280 e. The van der Waals surface area contributed by atoms with Crippen LogP contribution >= 0.6 is 11.6 Å². The van der Waals surface area contributed by atoms with Gasteiger partial charge in [0.2, 0.25) is 5.82 Å². The van der Waals surface area contributed by atoms with Gasteiger partial charge >= 0.3 is 0 Å². The molecule has 0 saturated heterocycles. The number of hydrogen-bond acceptors (Lipinski definition) is 5. The fourth-order valence-electron chi connectivity index (χ4n) is 1.96. The normalized spacial score (nSPS) is 11.4. The van der Waals surface area contributed by atoms with Crippen molar-refractivity contribution in [3.8, 4) is 11.4 Å². The second-order valence-electron chi connectivity index (χ2n) is 4.83. The van der Waals surface area contributed by atoms with Crippen LogP contribution in [0.4, 0.5) is 5.69 Å². The third kappa shape index (κ3) is 3.33. The quantitative estimate of drug-likeness (QED) is 0.754. The van der Waals surface area contributed by atoms with Gasteiger partial charge in [0.15, 0.2) is 0 Å². The van der Waals surface area contributed by atoms with Gasteiger partial charge in [-0.1, -0.05) is 29.8 Å². The average Bonchev–Trinajstić information content (AvgIpc) is 3.04. The molecule has 1 heterocycles. The molecule has 3 rings (SSSR count). The van der Waals surface area contributed by atoms with Crippen LogP contribution in [-0.4, -0.2) is 29.0 Å². The van der Waals surface area contributed by atoms with Gasteiger partial charge in [-0.15, -0.1) is 10.2 Å². The van der Waals surface area contributed by atoms with Crippen LogP contribution in [0.25, 0.3) is 11.4 Å². The minimum absolute atomic E-state index is 0.0954. The van der Waals surface area contributed by atoms with Crippen molar-refractivity contribution in [3.05, 3.63) is 53.1 Å². The molecule has 0 bridgehead atoms. The molecule has 0 aliphatic rings. The van der Waals surface area contributed by atoms with Crippen molar-refractivity contribution in [1.29, 1.82) is 0 Å². The number of nitrogens with one attached hydrogen (secondary N) is 2. The first kappa shape index (κ1) is 15.4. The fourth-order valence-corrected chi connectivity index (χ4v) is 3.28. The summed E-state index contributed by atoms with van der Waals surface area (Å²) >= 11 is 6.00. The highest BCUT2D eigenvalue weighted by atomic mass is 35.5. The van der Waals surface area contributed by atoms with Crippen LogP contribution in [0.2, 0.25) is 5.02 Å². The van der Waals surface area contributed by atoms with Gasteiger partial charge in [0.05, 0.1) is 4.90 Å². The van der Waals surface area contributed by atoms with Crippen molar-refractivity contribution < 1.29 is 8.42 Å². The van der Waals surface area contributed by atoms with Crippen molar-refractivity contribution in [2.24, 2.45) is 0 Å². The number of nitrogens with zero attached hydrogens (tertiary/aromatic N) is 3. The summed E-state index contributed by atoms with van der Waals surface area (Å²) in [6.45, 7) is 1.81. The Hall–Kier alpha value is -2.45. The van der Waals surface area contributed by atoms with Crippen LogP contribution in [0.15, 0.2) is 47.4 Å². The SMILES string of the molecule is Cc1ccc(S(=O)(=O)Nc2cccc(-c3nn[nH]n3)c2)cc1Cl. The van der Waals surface area contributed by atoms with Gasteiger partial charge in [-0.25, -0.2) is 8.42 Å². The van der Waals surface area contributed by atoms with E-state index in [0.717, 1.165) is 5.56 Å². The zero-order valence-corrected chi connectivity index (χ0v) is 13.6. The van der Waals surface area contributed by atoms with E-state index in [1.54, 1.807) is 37.3 Å². The number of aromatic nitrogens is 4. The van der Waals surface area contributed by atoms with Gasteiger partial charge in [0, 0.05) is 16.3 Å². The Morgan fingerprint density at radius 3 is 2.70 bits per heavy atom. The topological polar surface area (TPSA) is 101 Å². The molecule has 23 heavy (non-hydrogen) atoms. The Morgan fingerprint density at radius 1 is 1.17 bits per heavy atom. The number of rotatable bonds is 4. The Labute approximate surface area is 137 Å². The molecule has 0 unspecified atom stereocenters. The summed E-state index contributed by atoms with van der Waals surface area (Å²) < 4.78 is 27.4. The van der Waals surface area contributed by atoms with E-state index in [1.165, 1.54) is 12.1 Å². The maximum absolute atomic E-state index is 12.4. The van der Waals surface area contributed by atoms with E-state index in [4.69, 9.17) is 11.6 Å². The monoisotopic (exact) mass is 349 g/mol. The van der Waals surface area contributed by atoms with Crippen LogP contribution in [0, 0.1) is 6.92 Å². The maximum Gasteiger partial charge on any atom is 0.261 e. The molecular formula is C14H12ClN5O2S. The second kappa shape index (κ2) is 5.98. The van der Waals surface area contributed by atoms with Gasteiger partial charge in [-0.05, 0) is 42.0 Å². The molecule has 2 N–H and O–H groups in total. The van der Waals surface area contributed by atoms with E-state index >= 15 is 0 Å². The Bertz CT molecular complexity index is 942. The summed E-state index contributed by atoms with van der Waals surface area (Å²) in [6.07, 6.45) is 0. The summed E-state index contributed by atoms with van der Waals surface area (Å²) in [6, 6.07) is 11.3. The number of anilines is 1. The second-order valence-corrected chi connectivity index (χ2v) is 6.92. The molecule has 0 spiro atoms. The molecule has 0 aliphatic heterocycles. The van der Waals surface area contributed by atoms with E-state index in [-0.39, 0.29) is 4.90 Å². The maximum atomic E-state index is 12.4. The van der Waals surface area contributed by atoms with Crippen LogP contribution in [0.3, 0.4) is 0 Å². The van der Waals surface area contributed by atoms with Gasteiger partial charge in [0.1, 0.15) is 0 Å². The van der Waals surface area contributed by atoms with E-state index in [2.05, 4.69) is 25.3 Å². The molecule has 0 amide bonds. The molecule has 7 nitrogen and oxygen atoms in total. The Morgan fingerprint density at radius 2 is 2.00 bits per heavy atom. The Kier molecular flexibility index (Phi) is 4.01. The molecule has 0 fully saturated rings. The van der Waals surface area contributed by atoms with E-state index in [9.17, 15) is 8.42 Å². The molecule has 2 aromatic carbocycles. The molecule has 0 radical (unpaired) electrons. The summed E-state index contributed by atoms with van der Waals surface area (Å²) in [4.78, 5) is 0.0954. The molecule has 3 aromatic rings. The van der Waals surface area contributed by atoms with Gasteiger partial charge in [-0.3, -0.25) is 4.72 Å². The predicted molar refractivity (Wildman–Crippen MR) is 86.6 cm³/mol. The first-order valence-electron chi connectivity index (χ1n) is 6.58. The van der Waals surface area contributed by atoms with Crippen molar-refractivity contribution in [1.82, 2.24) is 20.6 Å². The minimum atomic E-state index is -3.74. The van der Waals surface area contributed by atoms with Crippen molar-refractivity contribution in [2.75, 3.05) is 4.72 Å². The number of aryl methyl sites for hydroxylation is 1. The lowest BCUT2D eigenvalue weighted by molar-refractivity contribution is 0.601. The van der Waals surface area contributed by atoms with Gasteiger partial charge in [0.25, 0.3) is 10.0 Å². The number of tetrazole rings is 1. The molecule has 9 heteroatoms. The summed E-state index contributed by atoms with van der Waals surface area (Å²) in [5.41, 5.74) is 1.84. The zero-order valence-electron chi connectivity index (χ0n) is 12.0. The first-order valence-corrected chi connectivity index (χ1v) is 8.45. The van der Waals surface area contributed by atoms with Crippen molar-refractivity contribution in [2.45, 2.75) is 11.8 Å². The van der Waals surface area contributed by atoms with E-state index in [1.807, 2.05) is 0 Å². The van der Waals surface area contributed by atoms with E-state index < -0.39 is 10.0 Å². The zero-order chi connectivity index (χ0) is 16.4. The van der Waals surface area contributed by atoms with Crippen LogP contribution in [0.1, 0.15) is 5.56 Å². The molecule has 0 saturated carbocycles. The number of H-pyrrole nitrogens is 1. The summed E-state index contributed by atoms with van der Waals surface area (Å²) in [5.74, 6) is 0.379. The smallest absolute Gasteiger partial charge is 0.261 e. The highest BCUT2D eigenvalue weighted by Gasteiger charge is 2.16. The number of sulfonamides is 1. The predicted octanol–water partition coefficient (Wildman–Crippen LogP) is 2.63. The van der Waals surface area contributed by atoms with Gasteiger partial charge < -0.3 is 0 Å². The molecule has 118 valence electrons. The van der Waals surface area contributed by atoms with E-state index in [0.29, 0.717) is 22.1 Å². The standard InChI is InChI=1S/C14H12ClN5O2S/c1-9-5-6-12(8-13(9)15)23(21,22)18-11-4-2-3-10(7-11)14-16-19-20-17-14/h2-8,18H,1H3,(H,16,17,19,20). The fraction of sp³-hybridized carbons (Fsp3) is 0.0714. The number of aromatic amines is 1. The highest BCUT2D eigenvalue weighted by Crippen LogP contribution is 2.24. The molecule has 1 aromatic heterocycles.